The van der Waals surface area contributed by atoms with E-state index < -0.39 is 0 Å². The largest absolute Gasteiger partial charge is 0.378 e. The van der Waals surface area contributed by atoms with Gasteiger partial charge in [-0.2, -0.15) is 10.5 Å². The Labute approximate surface area is 177 Å². The molecule has 1 aromatic rings. The molecule has 30 heavy (non-hydrogen) atoms. The molecule has 1 aliphatic rings. The van der Waals surface area contributed by atoms with Crippen LogP contribution in [-0.2, 0) is 14.3 Å². The first-order valence-corrected chi connectivity index (χ1v) is 9.96. The normalized spacial score (nSPS) is 13.4. The highest BCUT2D eigenvalue weighted by atomic mass is 16.5. The molecule has 1 aromatic carbocycles. The summed E-state index contributed by atoms with van der Waals surface area (Å²) in [5.74, 6) is -0.421. The SMILES string of the molecule is CN(CC(=O)Nc1ccc(N2CCOCC2)cc1)CC(=O)N(CCC#N)CCC#N. The van der Waals surface area contributed by atoms with Crippen molar-refractivity contribution < 1.29 is 14.3 Å². The Morgan fingerprint density at radius 1 is 1.07 bits per heavy atom. The molecule has 9 nitrogen and oxygen atoms in total. The van der Waals surface area contributed by atoms with Gasteiger partial charge in [0.2, 0.25) is 11.8 Å². The highest BCUT2D eigenvalue weighted by molar-refractivity contribution is 5.92. The number of hydrogen-bond donors (Lipinski definition) is 1. The fourth-order valence-electron chi connectivity index (χ4n) is 3.14. The third kappa shape index (κ3) is 7.70. The average Bonchev–Trinajstić information content (AvgIpc) is 2.74. The minimum atomic E-state index is -0.218. The molecular formula is C21H28N6O3. The molecule has 0 radical (unpaired) electrons. The van der Waals surface area contributed by atoms with Crippen molar-refractivity contribution in [3.8, 4) is 12.1 Å². The number of hydrogen-bond acceptors (Lipinski definition) is 7. The quantitative estimate of drug-likeness (QED) is 0.611. The zero-order chi connectivity index (χ0) is 21.8. The summed E-state index contributed by atoms with van der Waals surface area (Å²) in [6, 6.07) is 11.7. The van der Waals surface area contributed by atoms with Gasteiger partial charge in [0.25, 0.3) is 0 Å². The van der Waals surface area contributed by atoms with E-state index in [0.29, 0.717) is 18.9 Å². The van der Waals surface area contributed by atoms with Crippen LogP contribution in [0.1, 0.15) is 12.8 Å². The number of carbonyl (C=O) groups excluding carboxylic acids is 2. The van der Waals surface area contributed by atoms with Crippen LogP contribution < -0.4 is 10.2 Å². The number of nitrogens with zero attached hydrogens (tertiary/aromatic N) is 5. The van der Waals surface area contributed by atoms with Crippen molar-refractivity contribution in [1.82, 2.24) is 9.80 Å². The number of carbonyl (C=O) groups is 2. The Kier molecular flexibility index (Phi) is 9.59. The van der Waals surface area contributed by atoms with Crippen molar-refractivity contribution in [3.05, 3.63) is 24.3 Å². The molecule has 1 aliphatic heterocycles. The second kappa shape index (κ2) is 12.4. The van der Waals surface area contributed by atoms with Gasteiger partial charge in [0.15, 0.2) is 0 Å². The number of amides is 2. The number of likely N-dealkylation sites (N-methyl/N-ethyl adjacent to an activating group) is 1. The molecule has 0 aliphatic carbocycles. The molecule has 0 saturated carbocycles. The van der Waals surface area contributed by atoms with Gasteiger partial charge in [0, 0.05) is 37.6 Å². The van der Waals surface area contributed by atoms with Crippen LogP contribution in [0.2, 0.25) is 0 Å². The van der Waals surface area contributed by atoms with Gasteiger partial charge in [-0.25, -0.2) is 0 Å². The lowest BCUT2D eigenvalue weighted by Gasteiger charge is -2.29. The Balaban J connectivity index is 1.81. The number of morpholine rings is 1. The first-order valence-electron chi connectivity index (χ1n) is 9.96. The Morgan fingerprint density at radius 2 is 1.67 bits per heavy atom. The third-order valence-electron chi connectivity index (χ3n) is 4.69. The zero-order valence-corrected chi connectivity index (χ0v) is 17.3. The lowest BCUT2D eigenvalue weighted by Crippen LogP contribution is -2.42. The molecular weight excluding hydrogens is 384 g/mol. The van der Waals surface area contributed by atoms with Crippen LogP contribution in [-0.4, -0.2) is 81.1 Å². The molecule has 1 saturated heterocycles. The summed E-state index contributed by atoms with van der Waals surface area (Å²) < 4.78 is 5.36. The van der Waals surface area contributed by atoms with Crippen molar-refractivity contribution in [3.63, 3.8) is 0 Å². The van der Waals surface area contributed by atoms with Crippen LogP contribution in [0.3, 0.4) is 0 Å². The van der Waals surface area contributed by atoms with E-state index in [1.807, 2.05) is 36.4 Å². The van der Waals surface area contributed by atoms with E-state index in [-0.39, 0.29) is 50.8 Å². The molecule has 9 heteroatoms. The minimum absolute atomic E-state index is 0.0419. The van der Waals surface area contributed by atoms with E-state index in [1.54, 1.807) is 11.9 Å². The van der Waals surface area contributed by atoms with E-state index in [1.165, 1.54) is 4.90 Å². The highest BCUT2D eigenvalue weighted by Crippen LogP contribution is 2.19. The monoisotopic (exact) mass is 412 g/mol. The van der Waals surface area contributed by atoms with E-state index in [2.05, 4.69) is 10.2 Å². The highest BCUT2D eigenvalue weighted by Gasteiger charge is 2.17. The van der Waals surface area contributed by atoms with Gasteiger partial charge in [-0.05, 0) is 31.3 Å². The van der Waals surface area contributed by atoms with Gasteiger partial charge < -0.3 is 19.9 Å². The van der Waals surface area contributed by atoms with Gasteiger partial charge in [0.1, 0.15) is 0 Å². The van der Waals surface area contributed by atoms with Crippen molar-refractivity contribution in [1.29, 1.82) is 10.5 Å². The summed E-state index contributed by atoms with van der Waals surface area (Å²) in [5, 5.41) is 20.3. The zero-order valence-electron chi connectivity index (χ0n) is 17.3. The Bertz CT molecular complexity index is 759. The molecule has 1 fully saturated rings. The number of nitrogens with one attached hydrogen (secondary N) is 1. The molecule has 0 atom stereocenters. The number of benzene rings is 1. The van der Waals surface area contributed by atoms with Crippen LogP contribution in [0.4, 0.5) is 11.4 Å². The van der Waals surface area contributed by atoms with Gasteiger partial charge in [-0.15, -0.1) is 0 Å². The molecule has 1 heterocycles. The van der Waals surface area contributed by atoms with E-state index >= 15 is 0 Å². The predicted molar refractivity (Wildman–Crippen MR) is 113 cm³/mol. The summed E-state index contributed by atoms with van der Waals surface area (Å²) in [7, 11) is 1.69. The number of rotatable bonds is 10. The summed E-state index contributed by atoms with van der Waals surface area (Å²) in [6.45, 7) is 3.80. The van der Waals surface area contributed by atoms with Crippen molar-refractivity contribution in [2.45, 2.75) is 12.8 Å². The van der Waals surface area contributed by atoms with E-state index in [9.17, 15) is 9.59 Å². The number of anilines is 2. The Morgan fingerprint density at radius 3 is 2.23 bits per heavy atom. The molecule has 160 valence electrons. The number of nitriles is 2. The average molecular weight is 412 g/mol. The van der Waals surface area contributed by atoms with Gasteiger partial charge in [0.05, 0.1) is 51.3 Å². The molecule has 0 bridgehead atoms. The molecule has 2 rings (SSSR count). The van der Waals surface area contributed by atoms with Gasteiger partial charge in [-0.1, -0.05) is 0 Å². The van der Waals surface area contributed by atoms with Crippen molar-refractivity contribution in [2.75, 3.05) is 69.7 Å². The third-order valence-corrected chi connectivity index (χ3v) is 4.69. The molecule has 1 N–H and O–H groups in total. The van der Waals surface area contributed by atoms with Crippen LogP contribution in [0.5, 0.6) is 0 Å². The van der Waals surface area contributed by atoms with Crippen LogP contribution in [0, 0.1) is 22.7 Å². The predicted octanol–water partition coefficient (Wildman–Crippen LogP) is 1.05. The standard InChI is InChI=1S/C21H28N6O3/c1-25(17-21(29)27(10-2-8-22)11-3-9-23)16-20(28)24-18-4-6-19(7-5-18)26-12-14-30-15-13-26/h4-7H,2-3,10-17H2,1H3,(H,24,28). The first kappa shape index (κ1) is 23.1. The number of ether oxygens (including phenoxy) is 1. The second-order valence-corrected chi connectivity index (χ2v) is 7.06. The molecule has 0 aromatic heterocycles. The van der Waals surface area contributed by atoms with Crippen molar-refractivity contribution in [2.24, 2.45) is 0 Å². The lowest BCUT2D eigenvalue weighted by atomic mass is 10.2. The molecule has 0 spiro atoms. The molecule has 2 amide bonds. The minimum Gasteiger partial charge on any atom is -0.378 e. The summed E-state index contributed by atoms with van der Waals surface area (Å²) in [5.41, 5.74) is 1.79. The maximum Gasteiger partial charge on any atom is 0.238 e. The van der Waals surface area contributed by atoms with Gasteiger partial charge >= 0.3 is 0 Å². The fourth-order valence-corrected chi connectivity index (χ4v) is 3.14. The smallest absolute Gasteiger partial charge is 0.238 e. The van der Waals surface area contributed by atoms with Gasteiger partial charge in [-0.3, -0.25) is 14.5 Å². The van der Waals surface area contributed by atoms with Crippen molar-refractivity contribution >= 4 is 23.2 Å². The Hall–Kier alpha value is -3.14. The summed E-state index contributed by atoms with van der Waals surface area (Å²) >= 11 is 0. The van der Waals surface area contributed by atoms with Crippen LogP contribution >= 0.6 is 0 Å². The maximum atomic E-state index is 12.4. The lowest BCUT2D eigenvalue weighted by molar-refractivity contribution is -0.132. The fraction of sp³-hybridized carbons (Fsp3) is 0.524. The van der Waals surface area contributed by atoms with Crippen LogP contribution in [0.15, 0.2) is 24.3 Å². The maximum absolute atomic E-state index is 12.4. The topological polar surface area (TPSA) is 113 Å². The van der Waals surface area contributed by atoms with E-state index in [0.717, 1.165) is 18.8 Å². The summed E-state index contributed by atoms with van der Waals surface area (Å²) in [4.78, 5) is 30.1. The second-order valence-electron chi connectivity index (χ2n) is 7.06. The summed E-state index contributed by atoms with van der Waals surface area (Å²) in [6.07, 6.45) is 0.420. The first-order chi connectivity index (χ1) is 14.5. The molecule has 0 unspecified atom stereocenters. The van der Waals surface area contributed by atoms with E-state index in [4.69, 9.17) is 15.3 Å². The van der Waals surface area contributed by atoms with Crippen LogP contribution in [0.25, 0.3) is 0 Å².